The molecule has 0 radical (unpaired) electrons. The lowest BCUT2D eigenvalue weighted by Crippen LogP contribution is -2.40. The van der Waals surface area contributed by atoms with E-state index in [1.807, 2.05) is 97.1 Å². The molecule has 258 valence electrons. The van der Waals surface area contributed by atoms with Gasteiger partial charge in [-0.2, -0.15) is 0 Å². The van der Waals surface area contributed by atoms with Crippen molar-refractivity contribution in [2.75, 3.05) is 0 Å². The van der Waals surface area contributed by atoms with Crippen LogP contribution in [0.2, 0.25) is 0 Å². The smallest absolute Gasteiger partial charge is 0.171 e. The van der Waals surface area contributed by atoms with Gasteiger partial charge in [-0.25, -0.2) is 0 Å². The maximum Gasteiger partial charge on any atom is 0.171 e. The van der Waals surface area contributed by atoms with E-state index in [9.17, 15) is 0 Å². The molecular formula is C49H40O2P2. The summed E-state index contributed by atoms with van der Waals surface area (Å²) in [6.45, 7) is 0. The van der Waals surface area contributed by atoms with E-state index in [0.29, 0.717) is 0 Å². The third-order valence-corrected chi connectivity index (χ3v) is 19.3. The van der Waals surface area contributed by atoms with E-state index in [1.165, 1.54) is 33.4 Å². The number of fused-ring (bicyclic) bond motifs is 10. The van der Waals surface area contributed by atoms with Crippen molar-refractivity contribution in [3.63, 3.8) is 0 Å². The van der Waals surface area contributed by atoms with Crippen LogP contribution in [0.25, 0.3) is 11.1 Å². The minimum atomic E-state index is -3.24. The average molecular weight is 723 g/mol. The molecule has 0 aliphatic heterocycles. The Morgan fingerprint density at radius 3 is 1.40 bits per heavy atom. The molecule has 10 rings (SSSR count). The summed E-state index contributed by atoms with van der Waals surface area (Å²) in [5, 5.41) is 4.44. The van der Waals surface area contributed by atoms with Crippen LogP contribution < -0.4 is 26.5 Å². The molecule has 3 atom stereocenters. The molecule has 0 bridgehead atoms. The van der Waals surface area contributed by atoms with E-state index in [0.717, 1.165) is 45.8 Å². The highest BCUT2D eigenvalue weighted by molar-refractivity contribution is 7.85. The van der Waals surface area contributed by atoms with Gasteiger partial charge in [-0.05, 0) is 70.5 Å². The molecule has 3 aliphatic carbocycles. The summed E-state index contributed by atoms with van der Waals surface area (Å²) < 4.78 is 31.9. The summed E-state index contributed by atoms with van der Waals surface area (Å²) in [7, 11) is -6.27. The average Bonchev–Trinajstić information content (AvgIpc) is 3.71. The predicted octanol–water partition coefficient (Wildman–Crippen LogP) is 9.92. The van der Waals surface area contributed by atoms with Gasteiger partial charge in [-0.1, -0.05) is 182 Å². The highest BCUT2D eigenvalue weighted by Gasteiger charge is 2.60. The van der Waals surface area contributed by atoms with Crippen molar-refractivity contribution in [1.82, 2.24) is 0 Å². The highest BCUT2D eigenvalue weighted by atomic mass is 31.2. The standard InChI is InChI=1S/C49H40O2P2/c50-52(35-17-5-1-6-18-35,36-19-7-2-8-20-36)39-29-31-43-44-32-30-40(53(51,37-21-9-3-10-22-37)38-23-11-4-12-24-38)34-48(44)49(47(43)33-39)45-27-15-13-25-41(45)42-26-14-16-28-46(42)49/h1-29,31,33,40,44,48H,30,32,34H2/t40?,44-,48?/m1/s1. The summed E-state index contributed by atoms with van der Waals surface area (Å²) in [6, 6.07) is 65.2. The number of rotatable bonds is 6. The summed E-state index contributed by atoms with van der Waals surface area (Å²) in [6.07, 6.45) is 2.66. The molecule has 1 fully saturated rings. The Morgan fingerprint density at radius 1 is 0.434 bits per heavy atom. The molecule has 0 heterocycles. The fourth-order valence-corrected chi connectivity index (χ4v) is 16.6. The molecule has 53 heavy (non-hydrogen) atoms. The molecule has 2 nitrogen and oxygen atoms in total. The number of hydrogen-bond donors (Lipinski definition) is 0. The van der Waals surface area contributed by atoms with Gasteiger partial charge < -0.3 is 9.13 Å². The van der Waals surface area contributed by atoms with Gasteiger partial charge in [0, 0.05) is 32.2 Å². The molecule has 4 heteroatoms. The molecule has 1 spiro atoms. The minimum Gasteiger partial charge on any atom is -0.313 e. The van der Waals surface area contributed by atoms with Crippen LogP contribution in [-0.2, 0) is 14.5 Å². The van der Waals surface area contributed by atoms with Crippen LogP contribution in [0.4, 0.5) is 0 Å². The molecule has 0 saturated heterocycles. The fraction of sp³-hybridized carbons (Fsp3) is 0.143. The van der Waals surface area contributed by atoms with E-state index < -0.39 is 19.7 Å². The van der Waals surface area contributed by atoms with Crippen molar-refractivity contribution in [2.45, 2.75) is 36.3 Å². The van der Waals surface area contributed by atoms with Gasteiger partial charge >= 0.3 is 0 Å². The van der Waals surface area contributed by atoms with Crippen LogP contribution in [0, 0.1) is 5.92 Å². The zero-order chi connectivity index (χ0) is 35.6. The van der Waals surface area contributed by atoms with E-state index in [4.69, 9.17) is 0 Å². The number of hydrogen-bond acceptors (Lipinski definition) is 2. The van der Waals surface area contributed by atoms with E-state index in [-0.39, 0.29) is 17.5 Å². The first-order chi connectivity index (χ1) is 26.1. The second kappa shape index (κ2) is 12.6. The van der Waals surface area contributed by atoms with Crippen molar-refractivity contribution < 1.29 is 9.13 Å². The first-order valence-corrected chi connectivity index (χ1v) is 22.3. The first kappa shape index (κ1) is 32.6. The maximum atomic E-state index is 16.0. The Balaban J connectivity index is 1.22. The molecule has 0 aromatic heterocycles. The third kappa shape index (κ3) is 4.65. The number of benzene rings is 7. The molecular weight excluding hydrogens is 682 g/mol. The van der Waals surface area contributed by atoms with Gasteiger partial charge in [0.05, 0.1) is 5.41 Å². The minimum absolute atomic E-state index is 0.0149. The van der Waals surface area contributed by atoms with Crippen molar-refractivity contribution >= 4 is 40.8 Å². The Kier molecular flexibility index (Phi) is 7.73. The van der Waals surface area contributed by atoms with Gasteiger partial charge in [0.1, 0.15) is 7.14 Å². The van der Waals surface area contributed by atoms with Crippen molar-refractivity contribution in [3.05, 3.63) is 210 Å². The maximum absolute atomic E-state index is 16.0. The summed E-state index contributed by atoms with van der Waals surface area (Å²) in [5.41, 5.74) is 7.30. The predicted molar refractivity (Wildman–Crippen MR) is 221 cm³/mol. The summed E-state index contributed by atoms with van der Waals surface area (Å²) >= 11 is 0. The van der Waals surface area contributed by atoms with Crippen molar-refractivity contribution in [3.8, 4) is 11.1 Å². The zero-order valence-corrected chi connectivity index (χ0v) is 31.3. The van der Waals surface area contributed by atoms with Gasteiger partial charge in [-0.15, -0.1) is 0 Å². The van der Waals surface area contributed by atoms with Crippen LogP contribution in [0.5, 0.6) is 0 Å². The van der Waals surface area contributed by atoms with E-state index >= 15 is 9.13 Å². The lowest BCUT2D eigenvalue weighted by atomic mass is 9.62. The normalized spacial score (nSPS) is 19.6. The third-order valence-electron chi connectivity index (χ3n) is 12.6. The Hall–Kier alpha value is -5.00. The highest BCUT2D eigenvalue weighted by Crippen LogP contribution is 2.69. The van der Waals surface area contributed by atoms with Gasteiger partial charge in [0.25, 0.3) is 0 Å². The van der Waals surface area contributed by atoms with Crippen LogP contribution >= 0.6 is 14.3 Å². The zero-order valence-electron chi connectivity index (χ0n) is 29.5. The van der Waals surface area contributed by atoms with E-state index in [2.05, 4.69) is 91.0 Å². The van der Waals surface area contributed by atoms with Crippen LogP contribution in [0.3, 0.4) is 0 Å². The van der Waals surface area contributed by atoms with Crippen LogP contribution in [-0.4, -0.2) is 5.66 Å². The summed E-state index contributed by atoms with van der Waals surface area (Å²) in [4.78, 5) is 0. The van der Waals surface area contributed by atoms with Crippen molar-refractivity contribution in [1.29, 1.82) is 0 Å². The lowest BCUT2D eigenvalue weighted by molar-refractivity contribution is 0.267. The van der Waals surface area contributed by atoms with Gasteiger partial charge in [0.15, 0.2) is 7.14 Å². The molecule has 7 aromatic carbocycles. The molecule has 1 saturated carbocycles. The molecule has 2 unspecified atom stereocenters. The SMILES string of the molecule is O=P(c1ccccc1)(c1ccccc1)c1ccc2c(c1)C1(c3ccccc3-c3ccccc31)C1CC(P(=O)(c3ccccc3)c3ccccc3)CC[C@H]21. The molecule has 3 aliphatic rings. The van der Waals surface area contributed by atoms with Gasteiger partial charge in [0.2, 0.25) is 0 Å². The molecule has 0 N–H and O–H groups in total. The van der Waals surface area contributed by atoms with Crippen LogP contribution in [0.1, 0.15) is 47.4 Å². The second-order valence-corrected chi connectivity index (χ2v) is 20.8. The topological polar surface area (TPSA) is 34.1 Å². The van der Waals surface area contributed by atoms with Crippen LogP contribution in [0.15, 0.2) is 188 Å². The van der Waals surface area contributed by atoms with Crippen molar-refractivity contribution in [2.24, 2.45) is 5.92 Å². The summed E-state index contributed by atoms with van der Waals surface area (Å²) in [5.74, 6) is 0.451. The van der Waals surface area contributed by atoms with Gasteiger partial charge in [-0.3, -0.25) is 0 Å². The lowest BCUT2D eigenvalue weighted by Gasteiger charge is -2.44. The first-order valence-electron chi connectivity index (χ1n) is 18.8. The molecule has 7 aromatic rings. The molecule has 0 amide bonds. The Labute approximate surface area is 312 Å². The fourth-order valence-electron chi connectivity index (χ4n) is 10.5. The second-order valence-electron chi connectivity index (χ2n) is 15.0. The monoisotopic (exact) mass is 722 g/mol. The van der Waals surface area contributed by atoms with E-state index in [1.54, 1.807) is 0 Å². The Morgan fingerprint density at radius 2 is 0.887 bits per heavy atom. The largest absolute Gasteiger partial charge is 0.313 e. The Bertz CT molecular complexity index is 2430. The quantitative estimate of drug-likeness (QED) is 0.160.